The van der Waals surface area contributed by atoms with Crippen molar-refractivity contribution < 1.29 is 9.21 Å². The van der Waals surface area contributed by atoms with Gasteiger partial charge in [-0.05, 0) is 55.8 Å². The van der Waals surface area contributed by atoms with Crippen LogP contribution >= 0.6 is 22.9 Å². The van der Waals surface area contributed by atoms with Gasteiger partial charge in [0.2, 0.25) is 10.9 Å². The molecule has 0 spiro atoms. The van der Waals surface area contributed by atoms with E-state index >= 15 is 0 Å². The Hall–Kier alpha value is -3.75. The van der Waals surface area contributed by atoms with Crippen LogP contribution in [0.2, 0.25) is 5.02 Å². The number of rotatable bonds is 5. The first kappa shape index (κ1) is 21.1. The van der Waals surface area contributed by atoms with Crippen LogP contribution in [0.1, 0.15) is 17.1 Å². The number of amides is 1. The Kier molecular flexibility index (Phi) is 5.53. The third-order valence-corrected chi connectivity index (χ3v) is 6.36. The van der Waals surface area contributed by atoms with Crippen molar-refractivity contribution in [2.45, 2.75) is 13.8 Å². The Morgan fingerprint density at radius 1 is 1.09 bits per heavy atom. The number of carbonyl (C=O) groups is 1. The summed E-state index contributed by atoms with van der Waals surface area (Å²) in [7, 11) is 0. The zero-order valence-corrected chi connectivity index (χ0v) is 19.3. The number of nitrogens with zero attached hydrogens (tertiary/aromatic N) is 4. The van der Waals surface area contributed by atoms with Gasteiger partial charge < -0.3 is 9.73 Å². The van der Waals surface area contributed by atoms with Gasteiger partial charge in [-0.3, -0.25) is 4.79 Å². The molecule has 0 saturated heterocycles. The lowest BCUT2D eigenvalue weighted by Crippen LogP contribution is -2.07. The predicted octanol–water partition coefficient (Wildman–Crippen LogP) is 6.03. The van der Waals surface area contributed by atoms with Crippen LogP contribution in [0.15, 0.2) is 65.1 Å². The van der Waals surface area contributed by atoms with Gasteiger partial charge in [-0.2, -0.15) is 9.61 Å². The average Bonchev–Trinajstić information content (AvgIpc) is 3.52. The standard InChI is InChI=1S/C24H18ClN5O2S/c1-14-6-7-16(13-20(14)25)21-10-8-19(32-21)9-11-22(31)26-18-5-3-4-17(12-18)23-29-30-15(2)27-28-24(30)33-23/h3-13H,1-2H3,(H,26,31)/b11-9+. The lowest BCUT2D eigenvalue weighted by molar-refractivity contribution is -0.111. The molecular weight excluding hydrogens is 458 g/mol. The molecule has 1 amide bonds. The maximum absolute atomic E-state index is 12.4. The minimum Gasteiger partial charge on any atom is -0.457 e. The first-order valence-corrected chi connectivity index (χ1v) is 11.3. The third kappa shape index (κ3) is 4.44. The van der Waals surface area contributed by atoms with E-state index in [0.717, 1.165) is 32.5 Å². The molecule has 0 saturated carbocycles. The van der Waals surface area contributed by atoms with Gasteiger partial charge in [0, 0.05) is 27.9 Å². The van der Waals surface area contributed by atoms with Crippen LogP contribution in [0, 0.1) is 13.8 Å². The van der Waals surface area contributed by atoms with Gasteiger partial charge in [-0.1, -0.05) is 47.2 Å². The van der Waals surface area contributed by atoms with E-state index in [-0.39, 0.29) is 5.91 Å². The third-order valence-electron chi connectivity index (χ3n) is 5.01. The molecule has 9 heteroatoms. The summed E-state index contributed by atoms with van der Waals surface area (Å²) in [5, 5.41) is 17.0. The van der Waals surface area contributed by atoms with Gasteiger partial charge in [0.05, 0.1) is 0 Å². The van der Waals surface area contributed by atoms with Crippen molar-refractivity contribution in [2.24, 2.45) is 0 Å². The summed E-state index contributed by atoms with van der Waals surface area (Å²) in [5.74, 6) is 1.72. The van der Waals surface area contributed by atoms with E-state index in [1.165, 1.54) is 17.4 Å². The Balaban J connectivity index is 1.28. The molecular formula is C24H18ClN5O2S. The van der Waals surface area contributed by atoms with Crippen molar-refractivity contribution >= 4 is 45.6 Å². The van der Waals surface area contributed by atoms with E-state index < -0.39 is 0 Å². The molecule has 5 rings (SSSR count). The van der Waals surface area contributed by atoms with Gasteiger partial charge >= 0.3 is 0 Å². The Morgan fingerprint density at radius 3 is 2.79 bits per heavy atom. The number of aryl methyl sites for hydroxylation is 2. The van der Waals surface area contributed by atoms with Gasteiger partial charge in [0.25, 0.3) is 0 Å². The molecule has 3 heterocycles. The summed E-state index contributed by atoms with van der Waals surface area (Å²) < 4.78 is 7.53. The number of halogens is 1. The van der Waals surface area contributed by atoms with E-state index in [1.54, 1.807) is 10.6 Å². The normalized spacial score (nSPS) is 11.5. The zero-order valence-electron chi connectivity index (χ0n) is 17.7. The van der Waals surface area contributed by atoms with Crippen LogP contribution in [0.3, 0.4) is 0 Å². The van der Waals surface area contributed by atoms with Crippen LogP contribution in [0.5, 0.6) is 0 Å². The summed E-state index contributed by atoms with van der Waals surface area (Å²) in [4.78, 5) is 13.2. The number of hydrogen-bond donors (Lipinski definition) is 1. The number of hydrogen-bond acceptors (Lipinski definition) is 6. The van der Waals surface area contributed by atoms with Crippen LogP contribution in [0.4, 0.5) is 5.69 Å². The number of carbonyl (C=O) groups excluding carboxylic acids is 1. The number of anilines is 1. The molecule has 0 atom stereocenters. The quantitative estimate of drug-likeness (QED) is 0.313. The van der Waals surface area contributed by atoms with E-state index in [9.17, 15) is 4.79 Å². The van der Waals surface area contributed by atoms with E-state index in [0.29, 0.717) is 22.2 Å². The van der Waals surface area contributed by atoms with Crippen molar-refractivity contribution in [3.05, 3.63) is 82.8 Å². The fourth-order valence-corrected chi connectivity index (χ4v) is 4.31. The largest absolute Gasteiger partial charge is 0.457 e. The molecule has 0 aliphatic carbocycles. The average molecular weight is 476 g/mol. The smallest absolute Gasteiger partial charge is 0.248 e. The summed E-state index contributed by atoms with van der Waals surface area (Å²) in [6, 6.07) is 16.9. The lowest BCUT2D eigenvalue weighted by Gasteiger charge is -2.03. The summed E-state index contributed by atoms with van der Waals surface area (Å²) in [6.07, 6.45) is 3.06. The SMILES string of the molecule is Cc1ccc(-c2ccc(/C=C/C(=O)Nc3cccc(-c4nn5c(C)nnc5s4)c3)o2)cc1Cl. The highest BCUT2D eigenvalue weighted by Gasteiger charge is 2.11. The van der Waals surface area contributed by atoms with E-state index in [4.69, 9.17) is 16.0 Å². The van der Waals surface area contributed by atoms with Gasteiger partial charge in [-0.15, -0.1) is 10.2 Å². The Bertz CT molecular complexity index is 1510. The number of nitrogens with one attached hydrogen (secondary N) is 1. The first-order valence-electron chi connectivity index (χ1n) is 10.1. The van der Waals surface area contributed by atoms with E-state index in [2.05, 4.69) is 20.6 Å². The minimum atomic E-state index is -0.266. The molecule has 0 fully saturated rings. The number of benzene rings is 2. The summed E-state index contributed by atoms with van der Waals surface area (Å²) >= 11 is 7.64. The summed E-state index contributed by atoms with van der Waals surface area (Å²) in [6.45, 7) is 3.80. The molecule has 0 bridgehead atoms. The fraction of sp³-hybridized carbons (Fsp3) is 0.0833. The molecule has 0 aliphatic rings. The number of aromatic nitrogens is 4. The van der Waals surface area contributed by atoms with Crippen molar-refractivity contribution in [1.82, 2.24) is 19.8 Å². The van der Waals surface area contributed by atoms with Gasteiger partial charge in [0.15, 0.2) is 5.82 Å². The molecule has 0 unspecified atom stereocenters. The summed E-state index contributed by atoms with van der Waals surface area (Å²) in [5.41, 5.74) is 3.44. The van der Waals surface area contributed by atoms with Crippen LogP contribution in [0.25, 0.3) is 32.9 Å². The van der Waals surface area contributed by atoms with Gasteiger partial charge in [-0.25, -0.2) is 0 Å². The maximum Gasteiger partial charge on any atom is 0.248 e. The number of fused-ring (bicyclic) bond motifs is 1. The van der Waals surface area contributed by atoms with Crippen molar-refractivity contribution in [2.75, 3.05) is 5.32 Å². The lowest BCUT2D eigenvalue weighted by atomic mass is 10.1. The highest BCUT2D eigenvalue weighted by Crippen LogP contribution is 2.28. The second kappa shape index (κ2) is 8.65. The second-order valence-electron chi connectivity index (χ2n) is 7.42. The molecule has 0 aliphatic heterocycles. The van der Waals surface area contributed by atoms with Crippen molar-refractivity contribution in [1.29, 1.82) is 0 Å². The fourth-order valence-electron chi connectivity index (χ4n) is 3.25. The molecule has 164 valence electrons. The van der Waals surface area contributed by atoms with Crippen LogP contribution < -0.4 is 5.32 Å². The van der Waals surface area contributed by atoms with Crippen LogP contribution in [-0.4, -0.2) is 25.7 Å². The highest BCUT2D eigenvalue weighted by molar-refractivity contribution is 7.19. The van der Waals surface area contributed by atoms with Gasteiger partial charge in [0.1, 0.15) is 16.5 Å². The second-order valence-corrected chi connectivity index (χ2v) is 8.78. The molecule has 2 aromatic carbocycles. The molecule has 3 aromatic heterocycles. The topological polar surface area (TPSA) is 85.3 Å². The molecule has 33 heavy (non-hydrogen) atoms. The monoisotopic (exact) mass is 475 g/mol. The Morgan fingerprint density at radius 2 is 1.97 bits per heavy atom. The maximum atomic E-state index is 12.4. The molecule has 7 nitrogen and oxygen atoms in total. The van der Waals surface area contributed by atoms with Crippen molar-refractivity contribution in [3.63, 3.8) is 0 Å². The molecule has 0 radical (unpaired) electrons. The highest BCUT2D eigenvalue weighted by atomic mass is 35.5. The molecule has 5 aromatic rings. The molecule has 1 N–H and O–H groups in total. The van der Waals surface area contributed by atoms with Crippen LogP contribution in [-0.2, 0) is 4.79 Å². The van der Waals surface area contributed by atoms with Crippen molar-refractivity contribution in [3.8, 4) is 21.9 Å². The predicted molar refractivity (Wildman–Crippen MR) is 130 cm³/mol. The van der Waals surface area contributed by atoms with E-state index in [1.807, 2.05) is 68.4 Å². The Labute approximate surface area is 198 Å². The zero-order chi connectivity index (χ0) is 22.9. The number of furan rings is 1. The first-order chi connectivity index (χ1) is 16.0. The minimum absolute atomic E-state index is 0.266.